The summed E-state index contributed by atoms with van der Waals surface area (Å²) >= 11 is 0. The molecule has 0 radical (unpaired) electrons. The molecule has 1 heterocycles. The van der Waals surface area contributed by atoms with Gasteiger partial charge in [-0.15, -0.1) is 0 Å². The van der Waals surface area contributed by atoms with Gasteiger partial charge >= 0.3 is 0 Å². The predicted molar refractivity (Wildman–Crippen MR) is 60.1 cm³/mol. The summed E-state index contributed by atoms with van der Waals surface area (Å²) in [4.78, 5) is 15.8. The van der Waals surface area contributed by atoms with Gasteiger partial charge in [-0.25, -0.2) is 5.84 Å². The normalized spacial score (nSPS) is 24.9. The van der Waals surface area contributed by atoms with Crippen LogP contribution in [0.15, 0.2) is 0 Å². The zero-order valence-electron chi connectivity index (χ0n) is 9.70. The van der Waals surface area contributed by atoms with E-state index in [0.29, 0.717) is 12.6 Å². The van der Waals surface area contributed by atoms with Crippen molar-refractivity contribution < 1.29 is 4.79 Å². The van der Waals surface area contributed by atoms with Gasteiger partial charge in [-0.05, 0) is 26.4 Å². The molecule has 0 aliphatic carbocycles. The second-order valence-corrected chi connectivity index (χ2v) is 4.22. The monoisotopic (exact) mass is 214 g/mol. The topological polar surface area (TPSA) is 61.6 Å². The summed E-state index contributed by atoms with van der Waals surface area (Å²) in [5, 5.41) is 0. The number of likely N-dealkylation sites (N-methyl/N-ethyl adjacent to an activating group) is 1. The molecule has 1 saturated heterocycles. The number of amides is 1. The van der Waals surface area contributed by atoms with Gasteiger partial charge in [0.05, 0.1) is 6.54 Å². The first-order valence-corrected chi connectivity index (χ1v) is 5.59. The third-order valence-electron chi connectivity index (χ3n) is 3.00. The lowest BCUT2D eigenvalue weighted by Crippen LogP contribution is -2.46. The fraction of sp³-hybridized carbons (Fsp3) is 0.900. The summed E-state index contributed by atoms with van der Waals surface area (Å²) < 4.78 is 0. The highest BCUT2D eigenvalue weighted by molar-refractivity contribution is 5.77. The van der Waals surface area contributed by atoms with Crippen LogP contribution >= 0.6 is 0 Å². The Morgan fingerprint density at radius 3 is 2.87 bits per heavy atom. The van der Waals surface area contributed by atoms with Crippen molar-refractivity contribution >= 4 is 5.91 Å². The Labute approximate surface area is 91.6 Å². The summed E-state index contributed by atoms with van der Waals surface area (Å²) in [6, 6.07) is 0.467. The van der Waals surface area contributed by atoms with Crippen molar-refractivity contribution in [3.63, 3.8) is 0 Å². The molecule has 88 valence electrons. The van der Waals surface area contributed by atoms with E-state index in [1.54, 1.807) is 0 Å². The molecule has 0 bridgehead atoms. The molecule has 1 amide bonds. The average Bonchev–Trinajstić information content (AvgIpc) is 2.40. The van der Waals surface area contributed by atoms with Gasteiger partial charge < -0.3 is 4.90 Å². The molecule has 0 spiro atoms. The van der Waals surface area contributed by atoms with E-state index in [-0.39, 0.29) is 5.91 Å². The van der Waals surface area contributed by atoms with E-state index < -0.39 is 0 Å². The van der Waals surface area contributed by atoms with Crippen molar-refractivity contribution in [3.8, 4) is 0 Å². The summed E-state index contributed by atoms with van der Waals surface area (Å²) in [7, 11) is 2.13. The number of nitrogens with one attached hydrogen (secondary N) is 1. The van der Waals surface area contributed by atoms with Crippen LogP contribution < -0.4 is 11.3 Å². The molecular weight excluding hydrogens is 192 g/mol. The van der Waals surface area contributed by atoms with Gasteiger partial charge in [0.15, 0.2) is 0 Å². The third kappa shape index (κ3) is 3.77. The summed E-state index contributed by atoms with van der Waals surface area (Å²) in [6.45, 7) is 5.71. The van der Waals surface area contributed by atoms with Crippen LogP contribution in [-0.4, -0.2) is 55.0 Å². The molecule has 1 unspecified atom stereocenters. The number of carbonyl (C=O) groups excluding carboxylic acids is 1. The van der Waals surface area contributed by atoms with Crippen molar-refractivity contribution in [1.29, 1.82) is 0 Å². The number of hydrogen-bond donors (Lipinski definition) is 2. The van der Waals surface area contributed by atoms with E-state index in [1.807, 2.05) is 0 Å². The second kappa shape index (κ2) is 6.05. The maximum absolute atomic E-state index is 11.2. The minimum atomic E-state index is -0.0991. The van der Waals surface area contributed by atoms with Gasteiger partial charge in [0.2, 0.25) is 5.91 Å². The van der Waals surface area contributed by atoms with Crippen LogP contribution in [0.4, 0.5) is 0 Å². The lowest BCUT2D eigenvalue weighted by atomic mass is 10.2. The van der Waals surface area contributed by atoms with Crippen LogP contribution in [0.1, 0.15) is 19.8 Å². The van der Waals surface area contributed by atoms with Crippen LogP contribution in [-0.2, 0) is 4.79 Å². The SMILES string of the molecule is CCC1CN(C)CCCN1CC(=O)NN. The van der Waals surface area contributed by atoms with Gasteiger partial charge in [-0.2, -0.15) is 0 Å². The molecule has 0 aromatic carbocycles. The number of carbonyl (C=O) groups is 1. The molecule has 1 rings (SSSR count). The van der Waals surface area contributed by atoms with Crippen LogP contribution in [0.2, 0.25) is 0 Å². The Morgan fingerprint density at radius 1 is 1.53 bits per heavy atom. The quantitative estimate of drug-likeness (QED) is 0.374. The minimum absolute atomic E-state index is 0.0991. The number of nitrogens with zero attached hydrogens (tertiary/aromatic N) is 2. The molecule has 1 aliphatic rings. The summed E-state index contributed by atoms with van der Waals surface area (Å²) in [6.07, 6.45) is 2.19. The summed E-state index contributed by atoms with van der Waals surface area (Å²) in [5.41, 5.74) is 2.19. The zero-order chi connectivity index (χ0) is 11.3. The molecule has 1 atom stereocenters. The van der Waals surface area contributed by atoms with Crippen LogP contribution in [0.3, 0.4) is 0 Å². The lowest BCUT2D eigenvalue weighted by Gasteiger charge is -2.29. The zero-order valence-corrected chi connectivity index (χ0v) is 9.70. The van der Waals surface area contributed by atoms with E-state index in [9.17, 15) is 4.79 Å². The van der Waals surface area contributed by atoms with E-state index >= 15 is 0 Å². The number of hydrogen-bond acceptors (Lipinski definition) is 4. The van der Waals surface area contributed by atoms with Crippen molar-refractivity contribution in [1.82, 2.24) is 15.2 Å². The minimum Gasteiger partial charge on any atom is -0.305 e. The molecule has 5 heteroatoms. The lowest BCUT2D eigenvalue weighted by molar-refractivity contribution is -0.122. The molecule has 5 nitrogen and oxygen atoms in total. The van der Waals surface area contributed by atoms with E-state index in [1.165, 1.54) is 0 Å². The smallest absolute Gasteiger partial charge is 0.248 e. The van der Waals surface area contributed by atoms with E-state index in [4.69, 9.17) is 5.84 Å². The molecule has 15 heavy (non-hydrogen) atoms. The van der Waals surface area contributed by atoms with Gasteiger partial charge in [0, 0.05) is 19.1 Å². The number of hydrazine groups is 1. The van der Waals surface area contributed by atoms with Crippen molar-refractivity contribution in [2.24, 2.45) is 5.84 Å². The predicted octanol–water partition coefficient (Wildman–Crippen LogP) is -0.608. The Balaban J connectivity index is 2.54. The Hall–Kier alpha value is -0.650. The maximum Gasteiger partial charge on any atom is 0.248 e. The molecule has 3 N–H and O–H groups in total. The average molecular weight is 214 g/mol. The highest BCUT2D eigenvalue weighted by Gasteiger charge is 2.23. The molecule has 0 aromatic rings. The molecule has 0 aromatic heterocycles. The Kier molecular flexibility index (Phi) is 5.01. The third-order valence-corrected chi connectivity index (χ3v) is 3.00. The van der Waals surface area contributed by atoms with E-state index in [2.05, 4.69) is 29.2 Å². The van der Waals surface area contributed by atoms with E-state index in [0.717, 1.165) is 32.5 Å². The molecule has 1 aliphatic heterocycles. The number of nitrogens with two attached hydrogens (primary N) is 1. The van der Waals surface area contributed by atoms with Crippen molar-refractivity contribution in [2.45, 2.75) is 25.8 Å². The van der Waals surface area contributed by atoms with Gasteiger partial charge in [-0.3, -0.25) is 15.1 Å². The fourth-order valence-electron chi connectivity index (χ4n) is 2.12. The fourth-order valence-corrected chi connectivity index (χ4v) is 2.12. The first kappa shape index (κ1) is 12.4. The van der Waals surface area contributed by atoms with Gasteiger partial charge in [-0.1, -0.05) is 6.92 Å². The van der Waals surface area contributed by atoms with Crippen molar-refractivity contribution in [2.75, 3.05) is 33.2 Å². The van der Waals surface area contributed by atoms with Crippen LogP contribution in [0.25, 0.3) is 0 Å². The Morgan fingerprint density at radius 2 is 2.27 bits per heavy atom. The standard InChI is InChI=1S/C10H22N4O/c1-3-9-7-13(2)5-4-6-14(9)8-10(15)12-11/h9H,3-8,11H2,1-2H3,(H,12,15). The van der Waals surface area contributed by atoms with Gasteiger partial charge in [0.1, 0.15) is 0 Å². The van der Waals surface area contributed by atoms with Gasteiger partial charge in [0.25, 0.3) is 0 Å². The second-order valence-electron chi connectivity index (χ2n) is 4.22. The molecular formula is C10H22N4O. The molecule has 0 saturated carbocycles. The van der Waals surface area contributed by atoms with Crippen molar-refractivity contribution in [3.05, 3.63) is 0 Å². The largest absolute Gasteiger partial charge is 0.305 e. The first-order valence-electron chi connectivity index (χ1n) is 5.59. The summed E-state index contributed by atoms with van der Waals surface area (Å²) in [5.74, 6) is 5.01. The van der Waals surface area contributed by atoms with Crippen LogP contribution in [0, 0.1) is 0 Å². The number of rotatable bonds is 3. The highest BCUT2D eigenvalue weighted by Crippen LogP contribution is 2.11. The Bertz CT molecular complexity index is 210. The molecule has 1 fully saturated rings. The highest BCUT2D eigenvalue weighted by atomic mass is 16.2. The first-order chi connectivity index (χ1) is 7.17. The van der Waals surface area contributed by atoms with Crippen LogP contribution in [0.5, 0.6) is 0 Å². The maximum atomic E-state index is 11.2.